The molecule has 43 heteroatoms. The molecule has 0 aromatic heterocycles. The molecular formula is C47H80N4O38S. The maximum Gasteiger partial charge on any atom is 0.397 e. The van der Waals surface area contributed by atoms with Crippen LogP contribution < -0.4 is 21.3 Å². The maximum atomic E-state index is 13.1. The van der Waals surface area contributed by atoms with E-state index in [0.29, 0.717) is 0 Å². The summed E-state index contributed by atoms with van der Waals surface area (Å²) in [5.41, 5.74) is 0. The van der Waals surface area contributed by atoms with Gasteiger partial charge in [-0.2, -0.15) is 8.42 Å². The number of aliphatic hydroxyl groups excluding tert-OH is 18. The highest BCUT2D eigenvalue weighted by atomic mass is 32.3. The van der Waals surface area contributed by atoms with Crippen LogP contribution in [0, 0.1) is 0 Å². The number of hydrogen-bond acceptors (Lipinski definition) is 36. The van der Waals surface area contributed by atoms with E-state index in [9.17, 15) is 129 Å². The fourth-order valence-electron chi connectivity index (χ4n) is 10.5. The quantitative estimate of drug-likeness (QED) is 0.0297. The predicted molar refractivity (Wildman–Crippen MR) is 277 cm³/mol. The second-order valence-electron chi connectivity index (χ2n) is 21.5. The van der Waals surface area contributed by atoms with Crippen LogP contribution in [0.2, 0.25) is 0 Å². The second-order valence-corrected chi connectivity index (χ2v) is 22.6. The van der Waals surface area contributed by atoms with Crippen molar-refractivity contribution in [2.45, 2.75) is 210 Å². The van der Waals surface area contributed by atoms with E-state index in [2.05, 4.69) is 25.5 Å². The highest BCUT2D eigenvalue weighted by molar-refractivity contribution is 7.80. The van der Waals surface area contributed by atoms with Gasteiger partial charge in [-0.15, -0.1) is 0 Å². The molecule has 5 fully saturated rings. The van der Waals surface area contributed by atoms with E-state index in [1.807, 2.05) is 0 Å². The van der Waals surface area contributed by atoms with Crippen LogP contribution in [0.15, 0.2) is 0 Å². The Hall–Kier alpha value is -3.90. The largest absolute Gasteiger partial charge is 0.477 e. The average Bonchev–Trinajstić information content (AvgIpc) is 0.778. The standard InChI is InChI=1S/C47H80N4O38S/c1-13(58)48-16(5-52)37(29(66)19(63)11-79-42-26(49-14(2)59)33(70)30(67)23(84-42)12-80-90(76,77)78)85-44-35(72)40(31(68)20(7-54)81-44)87-43-27(50-15(3)60)34(71)38(22(9-56)83-43)86-45-36(73)41(32(69)21(8-55)82-45)89-47(46(74)75)4-17(61)25(51-24(64)10-57)39(88-47)28(65)18(62)6-53/h16-23,25-45,52-57,61-63,65-73H,4-12H2,1-3H3,(H,48,58)(H,49,59)(H,50,60)(H,51,64)(H,74,75)(H,76,77,78)/t16-,17-,18+,19+,20+,21+,22+,23+,25+,26+,27+,28+,29-,30+,31-,32-,33+,34+,35+,36+,37+,38+,39+,40-,41-,42+,43-,44-,45-,47-/m0/s1. The van der Waals surface area contributed by atoms with Crippen molar-refractivity contribution in [3.8, 4) is 0 Å². The van der Waals surface area contributed by atoms with E-state index in [1.54, 1.807) is 0 Å². The van der Waals surface area contributed by atoms with Crippen LogP contribution in [0.3, 0.4) is 0 Å². The van der Waals surface area contributed by atoms with Crippen molar-refractivity contribution in [1.29, 1.82) is 0 Å². The normalized spacial score (nSPS) is 39.6. The lowest BCUT2D eigenvalue weighted by molar-refractivity contribution is -0.388. The minimum atomic E-state index is -5.16. The summed E-state index contributed by atoms with van der Waals surface area (Å²) in [6, 6.07) is -7.33. The monoisotopic (exact) mass is 1340 g/mol. The molecule has 5 saturated heterocycles. The lowest BCUT2D eigenvalue weighted by Gasteiger charge is -2.51. The summed E-state index contributed by atoms with van der Waals surface area (Å²) < 4.78 is 92.7. The summed E-state index contributed by atoms with van der Waals surface area (Å²) in [5.74, 6) is -9.40. The molecule has 30 atom stereocenters. The maximum absolute atomic E-state index is 13.1. The predicted octanol–water partition coefficient (Wildman–Crippen LogP) is -15.9. The fraction of sp³-hybridized carbons (Fsp3) is 0.894. The van der Waals surface area contributed by atoms with E-state index >= 15 is 0 Å². The van der Waals surface area contributed by atoms with Gasteiger partial charge >= 0.3 is 16.4 Å². The molecule has 90 heavy (non-hydrogen) atoms. The van der Waals surface area contributed by atoms with Crippen molar-refractivity contribution in [2.24, 2.45) is 0 Å². The molecule has 0 aromatic rings. The van der Waals surface area contributed by atoms with E-state index in [0.717, 1.165) is 20.8 Å². The molecule has 0 unspecified atom stereocenters. The summed E-state index contributed by atoms with van der Waals surface area (Å²) in [4.78, 5) is 62.5. The number of carboxylic acid groups (broad SMARTS) is 1. The zero-order valence-electron chi connectivity index (χ0n) is 47.8. The SMILES string of the molecule is CC(=O)N[C@H]1[C@H](O[C@H]2[C@@H](O)[C@@H](CO)O[C@@H](O[C@@H]([C@@H](O)[C@H](O)CO[C@@H]3O[C@H](COS(=O)(=O)O)[C@@H](O)[C@H](O)[C@H]3NC(C)=O)[C@H](CO)NC(C)=O)[C@@H]2O)O[C@H](CO)[C@@H](O[C@@H]2O[C@H](CO)[C@H](O)[C@H](O[C@]3(C(=O)O)C[C@H](O)[C@@H](NC(=O)CO)[C@H]([C@H](O)[C@H](O)CO)O3)[C@H]2O)[C@@H]1O. The van der Waals surface area contributed by atoms with Crippen molar-refractivity contribution in [2.75, 3.05) is 52.9 Å². The van der Waals surface area contributed by atoms with Crippen LogP contribution in [-0.2, 0) is 85.9 Å². The molecule has 4 amide bonds. The van der Waals surface area contributed by atoms with Gasteiger partial charge in [-0.25, -0.2) is 8.98 Å². The highest BCUT2D eigenvalue weighted by Gasteiger charge is 2.61. The first-order valence-electron chi connectivity index (χ1n) is 27.5. The van der Waals surface area contributed by atoms with Gasteiger partial charge in [-0.3, -0.25) is 23.7 Å². The fourth-order valence-corrected chi connectivity index (χ4v) is 10.8. The smallest absolute Gasteiger partial charge is 0.397 e. The molecule has 42 nitrogen and oxygen atoms in total. The second kappa shape index (κ2) is 33.5. The molecule has 5 heterocycles. The topological polar surface area (TPSA) is 674 Å². The minimum absolute atomic E-state index is 0.846. The number of amides is 4. The van der Waals surface area contributed by atoms with E-state index in [-0.39, 0.29) is 0 Å². The van der Waals surface area contributed by atoms with Gasteiger partial charge < -0.3 is 166 Å². The Morgan fingerprint density at radius 1 is 0.589 bits per heavy atom. The number of aliphatic carboxylic acids is 1. The van der Waals surface area contributed by atoms with Crippen LogP contribution in [0.4, 0.5) is 0 Å². The molecule has 5 rings (SSSR count). The molecule has 0 aliphatic carbocycles. The lowest BCUT2D eigenvalue weighted by atomic mass is 9.88. The van der Waals surface area contributed by atoms with Gasteiger partial charge in [0.2, 0.25) is 23.6 Å². The molecule has 522 valence electrons. The number of hydrogen-bond donors (Lipinski definition) is 24. The van der Waals surface area contributed by atoms with Gasteiger partial charge in [-0.05, 0) is 0 Å². The highest BCUT2D eigenvalue weighted by Crippen LogP contribution is 2.39. The number of aliphatic hydroxyl groups is 18. The van der Waals surface area contributed by atoms with Crippen LogP contribution in [-0.4, -0.2) is 376 Å². The van der Waals surface area contributed by atoms with Gasteiger partial charge in [0, 0.05) is 27.2 Å². The number of carbonyl (C=O) groups excluding carboxylic acids is 4. The Morgan fingerprint density at radius 3 is 1.64 bits per heavy atom. The molecule has 0 bridgehead atoms. The summed E-state index contributed by atoms with van der Waals surface area (Å²) in [6.45, 7) is -6.59. The van der Waals surface area contributed by atoms with Crippen LogP contribution >= 0.6 is 0 Å². The number of nitrogens with one attached hydrogen (secondary N) is 4. The van der Waals surface area contributed by atoms with Crippen molar-refractivity contribution in [3.63, 3.8) is 0 Å². The number of rotatable bonds is 30. The number of ether oxygens (including phenoxy) is 10. The summed E-state index contributed by atoms with van der Waals surface area (Å²) in [5, 5.41) is 215. The van der Waals surface area contributed by atoms with Gasteiger partial charge in [0.15, 0.2) is 25.2 Å². The minimum Gasteiger partial charge on any atom is -0.477 e. The molecule has 0 spiro atoms. The Balaban J connectivity index is 1.41. The molecule has 0 saturated carbocycles. The number of carboxylic acids is 1. The zero-order valence-corrected chi connectivity index (χ0v) is 48.6. The molecule has 0 aromatic carbocycles. The Kier molecular flexibility index (Phi) is 28.6. The van der Waals surface area contributed by atoms with Gasteiger partial charge in [0.25, 0.3) is 5.79 Å². The molecule has 5 aliphatic rings. The lowest BCUT2D eigenvalue weighted by Crippen LogP contribution is -2.71. The van der Waals surface area contributed by atoms with Crippen LogP contribution in [0.5, 0.6) is 0 Å². The van der Waals surface area contributed by atoms with Crippen molar-refractivity contribution < 1.29 is 186 Å². The van der Waals surface area contributed by atoms with Gasteiger partial charge in [-0.1, -0.05) is 0 Å². The first-order valence-corrected chi connectivity index (χ1v) is 28.8. The van der Waals surface area contributed by atoms with E-state index < -0.39 is 283 Å². The first kappa shape index (κ1) is 76.8. The summed E-state index contributed by atoms with van der Waals surface area (Å²) in [6.07, 6.45) is -55.7. The van der Waals surface area contributed by atoms with Crippen LogP contribution in [0.1, 0.15) is 27.2 Å². The molecule has 5 aliphatic heterocycles. The summed E-state index contributed by atoms with van der Waals surface area (Å²) in [7, 11) is -5.16. The third kappa shape index (κ3) is 18.7. The average molecular weight is 1340 g/mol. The molecule has 0 radical (unpaired) electrons. The van der Waals surface area contributed by atoms with E-state index in [1.165, 1.54) is 0 Å². The molecule has 24 N–H and O–H groups in total. The zero-order chi connectivity index (χ0) is 67.6. The third-order valence-corrected chi connectivity index (χ3v) is 15.4. The Bertz CT molecular complexity index is 2450. The van der Waals surface area contributed by atoms with Crippen molar-refractivity contribution in [3.05, 3.63) is 0 Å². The van der Waals surface area contributed by atoms with Crippen molar-refractivity contribution in [1.82, 2.24) is 21.3 Å². The Morgan fingerprint density at radius 2 is 1.12 bits per heavy atom. The Labute approximate surface area is 509 Å². The summed E-state index contributed by atoms with van der Waals surface area (Å²) >= 11 is 0. The number of carbonyl (C=O) groups is 5. The van der Waals surface area contributed by atoms with E-state index in [4.69, 9.17) is 51.9 Å². The van der Waals surface area contributed by atoms with Gasteiger partial charge in [0.1, 0.15) is 141 Å². The van der Waals surface area contributed by atoms with Crippen molar-refractivity contribution >= 4 is 40.0 Å². The van der Waals surface area contributed by atoms with Crippen LogP contribution in [0.25, 0.3) is 0 Å². The molecular weight excluding hydrogens is 1260 g/mol. The first-order chi connectivity index (χ1) is 42.1. The van der Waals surface area contributed by atoms with Gasteiger partial charge in [0.05, 0.1) is 64.4 Å². The third-order valence-electron chi connectivity index (χ3n) is 15.0.